The highest BCUT2D eigenvalue weighted by Crippen LogP contribution is 2.19. The van der Waals surface area contributed by atoms with Crippen molar-refractivity contribution in [2.75, 3.05) is 0 Å². The summed E-state index contributed by atoms with van der Waals surface area (Å²) >= 11 is 0. The van der Waals surface area contributed by atoms with Crippen molar-refractivity contribution in [3.63, 3.8) is 0 Å². The lowest BCUT2D eigenvalue weighted by atomic mass is 10.1. The van der Waals surface area contributed by atoms with E-state index in [1.807, 2.05) is 32.0 Å². The molecule has 2 aromatic heterocycles. The summed E-state index contributed by atoms with van der Waals surface area (Å²) in [7, 11) is 0. The van der Waals surface area contributed by atoms with Crippen LogP contribution in [0.4, 0.5) is 0 Å². The average molecular weight is 245 g/mol. The molecule has 0 amide bonds. The van der Waals surface area contributed by atoms with Crippen molar-refractivity contribution in [2.24, 2.45) is 0 Å². The lowest BCUT2D eigenvalue weighted by molar-refractivity contribution is -0.120. The van der Waals surface area contributed by atoms with Gasteiger partial charge in [0.15, 0.2) is 0 Å². The number of carbonyl (C=O) groups excluding carboxylic acids is 1. The number of nitrogens with zero attached hydrogens (tertiary/aromatic N) is 3. The number of rotatable bonds is 4. The van der Waals surface area contributed by atoms with E-state index >= 15 is 0 Å². The number of ketones is 1. The van der Waals surface area contributed by atoms with Crippen molar-refractivity contribution >= 4 is 5.78 Å². The quantitative estimate of drug-likeness (QED) is 0.827. The van der Waals surface area contributed by atoms with Crippen LogP contribution in [0.1, 0.15) is 37.8 Å². The summed E-state index contributed by atoms with van der Waals surface area (Å²) in [6.45, 7) is 5.48. The predicted octanol–water partition coefficient (Wildman–Crippen LogP) is 2.52. The minimum absolute atomic E-state index is 0.0856. The maximum atomic E-state index is 11.6. The summed E-state index contributed by atoms with van der Waals surface area (Å²) in [4.78, 5) is 20.1. The minimum Gasteiger partial charge on any atom is -0.338 e. The van der Waals surface area contributed by atoms with E-state index in [0.717, 1.165) is 5.69 Å². The summed E-state index contributed by atoms with van der Waals surface area (Å²) < 4.78 is 5.12. The van der Waals surface area contributed by atoms with Crippen LogP contribution >= 0.6 is 0 Å². The van der Waals surface area contributed by atoms with Gasteiger partial charge in [-0.2, -0.15) is 4.98 Å². The summed E-state index contributed by atoms with van der Waals surface area (Å²) in [5.41, 5.74) is 1.54. The van der Waals surface area contributed by atoms with Gasteiger partial charge in [-0.3, -0.25) is 4.79 Å². The second kappa shape index (κ2) is 5.08. The van der Waals surface area contributed by atoms with Gasteiger partial charge < -0.3 is 4.52 Å². The number of aryl methyl sites for hydroxylation is 1. The number of hydrogen-bond donors (Lipinski definition) is 0. The highest BCUT2D eigenvalue weighted by Gasteiger charge is 2.21. The second-order valence-corrected chi connectivity index (χ2v) is 4.16. The van der Waals surface area contributed by atoms with Gasteiger partial charge in [-0.1, -0.05) is 18.1 Å². The highest BCUT2D eigenvalue weighted by molar-refractivity contribution is 5.84. The van der Waals surface area contributed by atoms with E-state index in [9.17, 15) is 4.79 Å². The van der Waals surface area contributed by atoms with Crippen LogP contribution in [-0.2, 0) is 4.79 Å². The largest absolute Gasteiger partial charge is 0.338 e. The van der Waals surface area contributed by atoms with Gasteiger partial charge in [-0.05, 0) is 26.0 Å². The van der Waals surface area contributed by atoms with Crippen LogP contribution in [0.25, 0.3) is 11.5 Å². The van der Waals surface area contributed by atoms with Crippen LogP contribution in [0.3, 0.4) is 0 Å². The Morgan fingerprint density at radius 1 is 1.39 bits per heavy atom. The van der Waals surface area contributed by atoms with E-state index in [1.165, 1.54) is 0 Å². The molecule has 0 aromatic carbocycles. The van der Waals surface area contributed by atoms with Crippen molar-refractivity contribution in [2.45, 2.75) is 33.1 Å². The topological polar surface area (TPSA) is 68.9 Å². The molecular weight excluding hydrogens is 230 g/mol. The molecular formula is C13H15N3O2. The van der Waals surface area contributed by atoms with Gasteiger partial charge in [0, 0.05) is 12.1 Å². The molecule has 0 N–H and O–H groups in total. The molecule has 0 spiro atoms. The fourth-order valence-corrected chi connectivity index (χ4v) is 1.63. The van der Waals surface area contributed by atoms with Crippen LogP contribution in [0.15, 0.2) is 22.7 Å². The Balaban J connectivity index is 2.28. The van der Waals surface area contributed by atoms with Crippen LogP contribution in [-0.4, -0.2) is 20.9 Å². The molecule has 0 radical (unpaired) electrons. The first kappa shape index (κ1) is 12.4. The van der Waals surface area contributed by atoms with Gasteiger partial charge in [0.2, 0.25) is 11.7 Å². The number of carbonyl (C=O) groups is 1. The molecule has 2 aromatic rings. The molecule has 0 saturated carbocycles. The van der Waals surface area contributed by atoms with Crippen LogP contribution in [0, 0.1) is 6.92 Å². The molecule has 94 valence electrons. The maximum absolute atomic E-state index is 11.6. The molecule has 0 fully saturated rings. The van der Waals surface area contributed by atoms with E-state index < -0.39 is 0 Å². The number of hydrogen-bond acceptors (Lipinski definition) is 5. The van der Waals surface area contributed by atoms with Crippen molar-refractivity contribution in [3.05, 3.63) is 29.8 Å². The second-order valence-electron chi connectivity index (χ2n) is 4.16. The Bertz CT molecular complexity index is 563. The Morgan fingerprint density at radius 3 is 2.83 bits per heavy atom. The zero-order chi connectivity index (χ0) is 13.1. The predicted molar refractivity (Wildman–Crippen MR) is 66.0 cm³/mol. The molecule has 2 rings (SSSR count). The third-order valence-electron chi connectivity index (χ3n) is 2.76. The average Bonchev–Trinajstić information content (AvgIpc) is 2.86. The van der Waals surface area contributed by atoms with E-state index in [2.05, 4.69) is 15.1 Å². The molecule has 1 atom stereocenters. The van der Waals surface area contributed by atoms with E-state index in [1.54, 1.807) is 6.92 Å². The zero-order valence-corrected chi connectivity index (χ0v) is 10.7. The van der Waals surface area contributed by atoms with Crippen molar-refractivity contribution in [1.82, 2.24) is 15.1 Å². The first-order valence-corrected chi connectivity index (χ1v) is 5.92. The van der Waals surface area contributed by atoms with Gasteiger partial charge in [0.1, 0.15) is 11.5 Å². The highest BCUT2D eigenvalue weighted by atomic mass is 16.5. The normalized spacial score (nSPS) is 12.4. The molecule has 18 heavy (non-hydrogen) atoms. The maximum Gasteiger partial charge on any atom is 0.237 e. The van der Waals surface area contributed by atoms with E-state index in [0.29, 0.717) is 23.8 Å². The molecule has 2 heterocycles. The SMILES string of the molecule is CCC(=O)C(C)c1nc(-c2cccc(C)n2)no1. The smallest absolute Gasteiger partial charge is 0.237 e. The van der Waals surface area contributed by atoms with Crippen LogP contribution < -0.4 is 0 Å². The Morgan fingerprint density at radius 2 is 2.17 bits per heavy atom. The lowest BCUT2D eigenvalue weighted by Crippen LogP contribution is -2.07. The minimum atomic E-state index is -0.360. The molecule has 5 nitrogen and oxygen atoms in total. The molecule has 0 aliphatic heterocycles. The van der Waals surface area contributed by atoms with Crippen LogP contribution in [0.2, 0.25) is 0 Å². The van der Waals surface area contributed by atoms with Gasteiger partial charge in [0.25, 0.3) is 0 Å². The monoisotopic (exact) mass is 245 g/mol. The Kier molecular flexibility index (Phi) is 3.50. The van der Waals surface area contributed by atoms with E-state index in [-0.39, 0.29) is 11.7 Å². The van der Waals surface area contributed by atoms with E-state index in [4.69, 9.17) is 4.52 Å². The standard InChI is InChI=1S/C13H15N3O2/c1-4-11(17)9(3)13-15-12(16-18-13)10-7-5-6-8(2)14-10/h5-7,9H,4H2,1-3H3. The Labute approximate surface area is 105 Å². The third kappa shape index (κ3) is 2.45. The molecule has 0 bridgehead atoms. The van der Waals surface area contributed by atoms with Gasteiger partial charge >= 0.3 is 0 Å². The fraction of sp³-hybridized carbons (Fsp3) is 0.385. The molecule has 0 saturated heterocycles. The first-order chi connectivity index (χ1) is 8.61. The third-order valence-corrected chi connectivity index (χ3v) is 2.76. The van der Waals surface area contributed by atoms with Crippen LogP contribution in [0.5, 0.6) is 0 Å². The summed E-state index contributed by atoms with van der Waals surface area (Å²) in [6, 6.07) is 5.59. The summed E-state index contributed by atoms with van der Waals surface area (Å²) in [5, 5.41) is 3.86. The van der Waals surface area contributed by atoms with Gasteiger partial charge in [-0.15, -0.1) is 0 Å². The fourth-order valence-electron chi connectivity index (χ4n) is 1.63. The molecule has 5 heteroatoms. The number of pyridine rings is 1. The molecule has 1 unspecified atom stereocenters. The van der Waals surface area contributed by atoms with Gasteiger partial charge in [-0.25, -0.2) is 4.98 Å². The van der Waals surface area contributed by atoms with Crippen molar-refractivity contribution in [3.8, 4) is 11.5 Å². The summed E-state index contributed by atoms with van der Waals surface area (Å²) in [6.07, 6.45) is 0.460. The van der Waals surface area contributed by atoms with Gasteiger partial charge in [0.05, 0.1) is 5.92 Å². The van der Waals surface area contributed by atoms with Crippen molar-refractivity contribution < 1.29 is 9.32 Å². The summed E-state index contributed by atoms with van der Waals surface area (Å²) in [5.74, 6) is 0.494. The lowest BCUT2D eigenvalue weighted by Gasteiger charge is -2.01. The molecule has 0 aliphatic rings. The Hall–Kier alpha value is -2.04. The zero-order valence-electron chi connectivity index (χ0n) is 10.7. The van der Waals surface area contributed by atoms with Crippen molar-refractivity contribution in [1.29, 1.82) is 0 Å². The first-order valence-electron chi connectivity index (χ1n) is 5.92. The molecule has 0 aliphatic carbocycles. The number of Topliss-reactive ketones (excluding diaryl/α,β-unsaturated/α-hetero) is 1. The number of aromatic nitrogens is 3.